The number of thioether (sulfide) groups is 1. The third-order valence-electron chi connectivity index (χ3n) is 6.94. The quantitative estimate of drug-likeness (QED) is 0.821. The molecule has 8 heteroatoms. The van der Waals surface area contributed by atoms with Crippen molar-refractivity contribution in [3.05, 3.63) is 18.2 Å². The lowest BCUT2D eigenvalue weighted by Gasteiger charge is -2.56. The minimum atomic E-state index is -0.262. The molecule has 0 radical (unpaired) electrons. The second-order valence-corrected chi connectivity index (χ2v) is 9.89. The molecule has 1 aromatic rings. The maximum atomic E-state index is 13.6. The molecule has 0 spiro atoms. The van der Waals surface area contributed by atoms with Crippen molar-refractivity contribution < 1.29 is 9.59 Å². The van der Waals surface area contributed by atoms with Crippen LogP contribution in [0.15, 0.2) is 12.5 Å². The van der Waals surface area contributed by atoms with Gasteiger partial charge in [-0.05, 0) is 25.2 Å². The van der Waals surface area contributed by atoms with Crippen molar-refractivity contribution in [1.82, 2.24) is 24.7 Å². The lowest BCUT2D eigenvalue weighted by molar-refractivity contribution is -0.165. The number of nitrogens with one attached hydrogen (secondary N) is 1. The number of amides is 2. The smallest absolute Gasteiger partial charge is 0.245 e. The summed E-state index contributed by atoms with van der Waals surface area (Å²) in [7, 11) is 0. The Balaban J connectivity index is 1.41. The molecule has 152 valence electrons. The van der Waals surface area contributed by atoms with Crippen LogP contribution in [0.2, 0.25) is 0 Å². The highest BCUT2D eigenvalue weighted by molar-refractivity contribution is 7.99. The molecule has 1 N–H and O–H groups in total. The monoisotopic (exact) mass is 403 g/mol. The lowest BCUT2D eigenvalue weighted by Crippen LogP contribution is -2.68. The van der Waals surface area contributed by atoms with Gasteiger partial charge in [0.05, 0.1) is 6.33 Å². The van der Waals surface area contributed by atoms with Crippen LogP contribution in [0.25, 0.3) is 0 Å². The number of H-pyrrole nitrogens is 1. The topological polar surface area (TPSA) is 72.5 Å². The van der Waals surface area contributed by atoms with Crippen LogP contribution in [0.3, 0.4) is 0 Å². The Morgan fingerprint density at radius 3 is 2.86 bits per heavy atom. The zero-order valence-corrected chi connectivity index (χ0v) is 17.1. The van der Waals surface area contributed by atoms with E-state index in [1.54, 1.807) is 6.33 Å². The number of hydrogen-bond acceptors (Lipinski definition) is 5. The fourth-order valence-electron chi connectivity index (χ4n) is 5.78. The molecule has 1 aromatic heterocycles. The predicted octanol–water partition coefficient (Wildman–Crippen LogP) is 1.19. The molecule has 2 bridgehead atoms. The number of carbonyl (C=O) groups excluding carboxylic acids is 2. The number of nitrogens with zero attached hydrogens (tertiary/aromatic N) is 4. The molecule has 2 amide bonds. The van der Waals surface area contributed by atoms with Gasteiger partial charge in [0.1, 0.15) is 6.04 Å². The molecule has 0 saturated carbocycles. The van der Waals surface area contributed by atoms with E-state index in [0.717, 1.165) is 69.2 Å². The fourth-order valence-corrected chi connectivity index (χ4v) is 6.69. The highest BCUT2D eigenvalue weighted by atomic mass is 32.2. The molecule has 0 aliphatic carbocycles. The van der Waals surface area contributed by atoms with E-state index in [1.165, 1.54) is 0 Å². The largest absolute Gasteiger partial charge is 0.347 e. The first-order valence-electron chi connectivity index (χ1n) is 10.6. The lowest BCUT2D eigenvalue weighted by atomic mass is 9.71. The molecule has 0 aromatic carbocycles. The molecular formula is C20H29N5O2S. The summed E-state index contributed by atoms with van der Waals surface area (Å²) in [4.78, 5) is 40.4. The SMILES string of the molecule is O=C([C@H]1[C@H]2C[C@H](CN(Cc3cnc[nH]3)C2)[C@@H]2CCCC(=O)N21)N1CCSCC1. The highest BCUT2D eigenvalue weighted by Crippen LogP contribution is 2.42. The Kier molecular flexibility index (Phi) is 5.09. The third-order valence-corrected chi connectivity index (χ3v) is 7.88. The maximum Gasteiger partial charge on any atom is 0.245 e. The summed E-state index contributed by atoms with van der Waals surface area (Å²) in [5.41, 5.74) is 1.12. The molecule has 4 fully saturated rings. The van der Waals surface area contributed by atoms with Gasteiger partial charge in [0.2, 0.25) is 11.8 Å². The van der Waals surface area contributed by atoms with Crippen molar-refractivity contribution in [3.63, 3.8) is 0 Å². The van der Waals surface area contributed by atoms with E-state index < -0.39 is 0 Å². The number of aromatic amines is 1. The van der Waals surface area contributed by atoms with Crippen molar-refractivity contribution in [1.29, 1.82) is 0 Å². The number of fused-ring (bicyclic) bond motifs is 4. The van der Waals surface area contributed by atoms with Crippen LogP contribution < -0.4 is 0 Å². The standard InChI is InChI=1S/C20H29N5O2S/c26-18-3-1-2-17-14-8-15(11-23(10-14)12-16-9-21-13-22-16)19(25(17)18)20(27)24-4-6-28-7-5-24/h9,13-15,17,19H,1-8,10-12H2,(H,21,22)/t14-,15+,17+,19-/m1/s1. The number of likely N-dealkylation sites (tertiary alicyclic amines) is 1. The van der Waals surface area contributed by atoms with Gasteiger partial charge in [-0.3, -0.25) is 14.5 Å². The summed E-state index contributed by atoms with van der Waals surface area (Å²) in [6.45, 7) is 4.37. The maximum absolute atomic E-state index is 13.6. The van der Waals surface area contributed by atoms with Crippen molar-refractivity contribution >= 4 is 23.6 Å². The van der Waals surface area contributed by atoms with Gasteiger partial charge < -0.3 is 14.8 Å². The van der Waals surface area contributed by atoms with E-state index in [0.29, 0.717) is 12.3 Å². The van der Waals surface area contributed by atoms with Crippen LogP contribution in [0.5, 0.6) is 0 Å². The van der Waals surface area contributed by atoms with Crippen LogP contribution in [0, 0.1) is 11.8 Å². The van der Waals surface area contributed by atoms with Crippen molar-refractivity contribution in [2.75, 3.05) is 37.7 Å². The van der Waals surface area contributed by atoms with Crippen LogP contribution in [0.4, 0.5) is 0 Å². The number of carbonyl (C=O) groups is 2. The molecule has 4 aliphatic rings. The van der Waals surface area contributed by atoms with Gasteiger partial charge in [0, 0.05) is 74.5 Å². The predicted molar refractivity (Wildman–Crippen MR) is 108 cm³/mol. The van der Waals surface area contributed by atoms with Crippen LogP contribution in [0.1, 0.15) is 31.4 Å². The Labute approximate surface area is 170 Å². The number of imidazole rings is 1. The molecule has 5 rings (SSSR count). The fraction of sp³-hybridized carbons (Fsp3) is 0.750. The first-order valence-corrected chi connectivity index (χ1v) is 11.7. The molecule has 4 saturated heterocycles. The molecule has 4 atom stereocenters. The van der Waals surface area contributed by atoms with E-state index >= 15 is 0 Å². The van der Waals surface area contributed by atoms with Gasteiger partial charge >= 0.3 is 0 Å². The van der Waals surface area contributed by atoms with E-state index in [2.05, 4.69) is 14.9 Å². The zero-order chi connectivity index (χ0) is 19.1. The first kappa shape index (κ1) is 18.5. The second-order valence-electron chi connectivity index (χ2n) is 8.67. The Morgan fingerprint density at radius 2 is 2.07 bits per heavy atom. The number of piperidine rings is 3. The zero-order valence-electron chi connectivity index (χ0n) is 16.3. The molecule has 7 nitrogen and oxygen atoms in total. The van der Waals surface area contributed by atoms with E-state index in [-0.39, 0.29) is 29.8 Å². The Hall–Kier alpha value is -1.54. The van der Waals surface area contributed by atoms with Crippen LogP contribution in [-0.4, -0.2) is 86.3 Å². The Morgan fingerprint density at radius 1 is 1.25 bits per heavy atom. The summed E-state index contributed by atoms with van der Waals surface area (Å²) in [5, 5.41) is 0. The third kappa shape index (κ3) is 3.34. The average Bonchev–Trinajstić information content (AvgIpc) is 3.22. The highest BCUT2D eigenvalue weighted by Gasteiger charge is 2.52. The molecule has 0 unspecified atom stereocenters. The normalized spacial score (nSPS) is 33.6. The molecular weight excluding hydrogens is 374 g/mol. The summed E-state index contributed by atoms with van der Waals surface area (Å²) >= 11 is 1.91. The van der Waals surface area contributed by atoms with E-state index in [9.17, 15) is 9.59 Å². The first-order chi connectivity index (χ1) is 13.7. The van der Waals surface area contributed by atoms with Gasteiger partial charge in [0.25, 0.3) is 0 Å². The minimum absolute atomic E-state index is 0.201. The molecule has 5 heterocycles. The van der Waals surface area contributed by atoms with Gasteiger partial charge in [-0.2, -0.15) is 11.8 Å². The van der Waals surface area contributed by atoms with E-state index in [1.807, 2.05) is 27.8 Å². The van der Waals surface area contributed by atoms with Gasteiger partial charge in [-0.1, -0.05) is 0 Å². The van der Waals surface area contributed by atoms with Gasteiger partial charge in [-0.15, -0.1) is 0 Å². The number of aromatic nitrogens is 2. The van der Waals surface area contributed by atoms with Crippen molar-refractivity contribution in [2.24, 2.45) is 11.8 Å². The Bertz CT molecular complexity index is 720. The van der Waals surface area contributed by atoms with Crippen molar-refractivity contribution in [2.45, 2.75) is 44.3 Å². The minimum Gasteiger partial charge on any atom is -0.347 e. The van der Waals surface area contributed by atoms with Crippen LogP contribution in [-0.2, 0) is 16.1 Å². The summed E-state index contributed by atoms with van der Waals surface area (Å²) in [5.74, 6) is 3.14. The van der Waals surface area contributed by atoms with Gasteiger partial charge in [-0.25, -0.2) is 4.98 Å². The number of hydrogen-bond donors (Lipinski definition) is 1. The van der Waals surface area contributed by atoms with Crippen LogP contribution >= 0.6 is 11.8 Å². The molecule has 28 heavy (non-hydrogen) atoms. The summed E-state index contributed by atoms with van der Waals surface area (Å²) in [6, 6.07) is -0.0306. The number of rotatable bonds is 3. The average molecular weight is 404 g/mol. The van der Waals surface area contributed by atoms with Gasteiger partial charge in [0.15, 0.2) is 0 Å². The summed E-state index contributed by atoms with van der Waals surface area (Å²) < 4.78 is 0. The van der Waals surface area contributed by atoms with Crippen molar-refractivity contribution in [3.8, 4) is 0 Å². The summed E-state index contributed by atoms with van der Waals surface area (Å²) in [6.07, 6.45) is 7.29. The molecule has 4 aliphatic heterocycles. The van der Waals surface area contributed by atoms with E-state index in [4.69, 9.17) is 0 Å². The second kappa shape index (κ2) is 7.71.